The molecule has 1 aromatic carbocycles. The summed E-state index contributed by atoms with van der Waals surface area (Å²) in [5.41, 5.74) is 8.33. The summed E-state index contributed by atoms with van der Waals surface area (Å²) in [7, 11) is 0. The normalized spacial score (nSPS) is 10.7. The number of nitrogens with two attached hydrogens (primary N) is 1. The van der Waals surface area contributed by atoms with Crippen molar-refractivity contribution < 1.29 is 4.79 Å². The van der Waals surface area contributed by atoms with Crippen molar-refractivity contribution in [3.63, 3.8) is 0 Å². The molecule has 1 rings (SSSR count). The van der Waals surface area contributed by atoms with E-state index in [4.69, 9.17) is 5.73 Å². The summed E-state index contributed by atoms with van der Waals surface area (Å²) in [4.78, 5) is 14.2. The van der Waals surface area contributed by atoms with Crippen molar-refractivity contribution in [1.82, 2.24) is 10.2 Å². The van der Waals surface area contributed by atoms with Gasteiger partial charge < -0.3 is 11.1 Å². The number of nitrogen functional groups attached to an aromatic ring is 1. The van der Waals surface area contributed by atoms with Crippen LogP contribution >= 0.6 is 0 Å². The van der Waals surface area contributed by atoms with Crippen molar-refractivity contribution in [2.24, 2.45) is 5.92 Å². The van der Waals surface area contributed by atoms with E-state index in [-0.39, 0.29) is 5.91 Å². The molecule has 0 aliphatic rings. The van der Waals surface area contributed by atoms with E-state index in [2.05, 4.69) is 37.2 Å². The zero-order valence-corrected chi connectivity index (χ0v) is 13.6. The van der Waals surface area contributed by atoms with Gasteiger partial charge in [0.1, 0.15) is 0 Å². The van der Waals surface area contributed by atoms with Crippen LogP contribution in [0, 0.1) is 5.92 Å². The molecule has 0 heterocycles. The number of benzene rings is 1. The first-order valence-corrected chi connectivity index (χ1v) is 7.58. The first-order valence-electron chi connectivity index (χ1n) is 7.58. The molecule has 0 spiro atoms. The van der Waals surface area contributed by atoms with Crippen molar-refractivity contribution >= 4 is 11.6 Å². The van der Waals surface area contributed by atoms with Crippen LogP contribution in [0.15, 0.2) is 43.5 Å². The Balaban J connectivity index is 2.77. The average Bonchev–Trinajstić information content (AvgIpc) is 2.47. The Labute approximate surface area is 133 Å². The van der Waals surface area contributed by atoms with E-state index in [0.29, 0.717) is 30.3 Å². The van der Waals surface area contributed by atoms with Crippen LogP contribution in [0.1, 0.15) is 29.8 Å². The SMILES string of the molecule is C=CCN(CC=C)Cc1ccc(C(=O)NCC(C)C)cc1N. The third kappa shape index (κ3) is 5.74. The lowest BCUT2D eigenvalue weighted by Gasteiger charge is -2.20. The van der Waals surface area contributed by atoms with Gasteiger partial charge in [0.15, 0.2) is 0 Å². The minimum atomic E-state index is -0.0824. The van der Waals surface area contributed by atoms with Crippen LogP contribution in [0.4, 0.5) is 5.69 Å². The average molecular weight is 301 g/mol. The fourth-order valence-electron chi connectivity index (χ4n) is 2.09. The number of carbonyl (C=O) groups is 1. The summed E-state index contributed by atoms with van der Waals surface area (Å²) in [6, 6.07) is 5.48. The molecular formula is C18H27N3O. The smallest absolute Gasteiger partial charge is 0.251 e. The Morgan fingerprint density at radius 1 is 1.32 bits per heavy atom. The maximum atomic E-state index is 12.0. The van der Waals surface area contributed by atoms with E-state index < -0.39 is 0 Å². The van der Waals surface area contributed by atoms with E-state index in [9.17, 15) is 4.79 Å². The first kappa shape index (κ1) is 18.0. The number of anilines is 1. The minimum Gasteiger partial charge on any atom is -0.398 e. The number of hydrogen-bond donors (Lipinski definition) is 2. The van der Waals surface area contributed by atoms with Gasteiger partial charge >= 0.3 is 0 Å². The Morgan fingerprint density at radius 2 is 1.95 bits per heavy atom. The molecule has 22 heavy (non-hydrogen) atoms. The number of carbonyl (C=O) groups excluding carboxylic acids is 1. The van der Waals surface area contributed by atoms with Gasteiger partial charge in [0.05, 0.1) is 0 Å². The quantitative estimate of drug-likeness (QED) is 0.545. The third-order valence-electron chi connectivity index (χ3n) is 3.25. The van der Waals surface area contributed by atoms with Crippen LogP contribution in [0.25, 0.3) is 0 Å². The fraction of sp³-hybridized carbons (Fsp3) is 0.389. The van der Waals surface area contributed by atoms with Gasteiger partial charge in [0, 0.05) is 37.4 Å². The molecular weight excluding hydrogens is 274 g/mol. The van der Waals surface area contributed by atoms with Gasteiger partial charge in [-0.2, -0.15) is 0 Å². The lowest BCUT2D eigenvalue weighted by molar-refractivity contribution is 0.0949. The Bertz CT molecular complexity index is 513. The fourth-order valence-corrected chi connectivity index (χ4v) is 2.09. The Morgan fingerprint density at radius 3 is 2.45 bits per heavy atom. The highest BCUT2D eigenvalue weighted by atomic mass is 16.1. The van der Waals surface area contributed by atoms with Crippen LogP contribution < -0.4 is 11.1 Å². The monoisotopic (exact) mass is 301 g/mol. The second-order valence-corrected chi connectivity index (χ2v) is 5.79. The van der Waals surface area contributed by atoms with E-state index >= 15 is 0 Å². The Hall–Kier alpha value is -2.07. The molecule has 4 nitrogen and oxygen atoms in total. The minimum absolute atomic E-state index is 0.0824. The highest BCUT2D eigenvalue weighted by molar-refractivity contribution is 5.95. The summed E-state index contributed by atoms with van der Waals surface area (Å²) >= 11 is 0. The van der Waals surface area contributed by atoms with Gasteiger partial charge in [-0.15, -0.1) is 13.2 Å². The first-order chi connectivity index (χ1) is 10.5. The van der Waals surface area contributed by atoms with Crippen LogP contribution in [0.3, 0.4) is 0 Å². The molecule has 0 atom stereocenters. The van der Waals surface area contributed by atoms with Crippen LogP contribution in [-0.2, 0) is 6.54 Å². The van der Waals surface area contributed by atoms with Crippen molar-refractivity contribution in [3.8, 4) is 0 Å². The van der Waals surface area contributed by atoms with Gasteiger partial charge in [0.25, 0.3) is 5.91 Å². The molecule has 0 aromatic heterocycles. The summed E-state index contributed by atoms with van der Waals surface area (Å²) in [6.07, 6.45) is 3.71. The van der Waals surface area contributed by atoms with Crippen molar-refractivity contribution in [2.75, 3.05) is 25.4 Å². The molecule has 0 saturated carbocycles. The van der Waals surface area contributed by atoms with E-state index in [1.807, 2.05) is 24.3 Å². The van der Waals surface area contributed by atoms with Crippen LogP contribution in [-0.4, -0.2) is 30.4 Å². The third-order valence-corrected chi connectivity index (χ3v) is 3.25. The topological polar surface area (TPSA) is 58.4 Å². The van der Waals surface area contributed by atoms with Crippen LogP contribution in [0.5, 0.6) is 0 Å². The molecule has 0 aliphatic heterocycles. The molecule has 1 aromatic rings. The number of rotatable bonds is 9. The summed E-state index contributed by atoms with van der Waals surface area (Å²) in [5.74, 6) is 0.341. The highest BCUT2D eigenvalue weighted by Gasteiger charge is 2.10. The second kappa shape index (κ2) is 9.05. The Kier molecular flexibility index (Phi) is 7.40. The molecule has 3 N–H and O–H groups in total. The standard InChI is InChI=1S/C18H27N3O/c1-5-9-21(10-6-2)13-16-8-7-15(11-17(16)19)18(22)20-12-14(3)4/h5-8,11,14H,1-2,9-10,12-13,19H2,3-4H3,(H,20,22). The molecule has 120 valence electrons. The molecule has 0 unspecified atom stereocenters. The van der Waals surface area contributed by atoms with Gasteiger partial charge in [-0.3, -0.25) is 9.69 Å². The van der Waals surface area contributed by atoms with E-state index in [1.165, 1.54) is 0 Å². The largest absolute Gasteiger partial charge is 0.398 e. The summed E-state index contributed by atoms with van der Waals surface area (Å²) in [5, 5.41) is 2.90. The molecule has 0 saturated heterocycles. The van der Waals surface area contributed by atoms with Gasteiger partial charge in [0.2, 0.25) is 0 Å². The lowest BCUT2D eigenvalue weighted by atomic mass is 10.1. The van der Waals surface area contributed by atoms with Crippen molar-refractivity contribution in [1.29, 1.82) is 0 Å². The van der Waals surface area contributed by atoms with E-state index in [1.54, 1.807) is 6.07 Å². The van der Waals surface area contributed by atoms with Gasteiger partial charge in [-0.25, -0.2) is 0 Å². The molecule has 0 radical (unpaired) electrons. The van der Waals surface area contributed by atoms with E-state index in [0.717, 1.165) is 18.7 Å². The molecule has 0 aliphatic carbocycles. The maximum absolute atomic E-state index is 12.0. The van der Waals surface area contributed by atoms with Crippen LogP contribution in [0.2, 0.25) is 0 Å². The maximum Gasteiger partial charge on any atom is 0.251 e. The number of hydrogen-bond acceptors (Lipinski definition) is 3. The molecule has 0 fully saturated rings. The molecule has 0 bridgehead atoms. The second-order valence-electron chi connectivity index (χ2n) is 5.79. The number of nitrogens with one attached hydrogen (secondary N) is 1. The zero-order chi connectivity index (χ0) is 16.5. The summed E-state index contributed by atoms with van der Waals surface area (Å²) in [6.45, 7) is 14.5. The number of amides is 1. The van der Waals surface area contributed by atoms with Gasteiger partial charge in [-0.1, -0.05) is 32.1 Å². The zero-order valence-electron chi connectivity index (χ0n) is 13.6. The van der Waals surface area contributed by atoms with Crippen molar-refractivity contribution in [2.45, 2.75) is 20.4 Å². The molecule has 1 amide bonds. The van der Waals surface area contributed by atoms with Crippen molar-refractivity contribution in [3.05, 3.63) is 54.6 Å². The lowest BCUT2D eigenvalue weighted by Crippen LogP contribution is -2.27. The number of nitrogens with zero attached hydrogens (tertiary/aromatic N) is 1. The highest BCUT2D eigenvalue weighted by Crippen LogP contribution is 2.17. The molecule has 4 heteroatoms. The van der Waals surface area contributed by atoms with Gasteiger partial charge in [-0.05, 0) is 23.6 Å². The predicted molar refractivity (Wildman–Crippen MR) is 93.7 cm³/mol. The summed E-state index contributed by atoms with van der Waals surface area (Å²) < 4.78 is 0. The predicted octanol–water partition coefficient (Wildman–Crippen LogP) is 2.83.